The van der Waals surface area contributed by atoms with Gasteiger partial charge in [0.05, 0.1) is 0 Å². The maximum atomic E-state index is 13.2. The molecular weight excluding hydrogens is 582 g/mol. The van der Waals surface area contributed by atoms with Crippen LogP contribution in [0.3, 0.4) is 0 Å². The zero-order valence-electron chi connectivity index (χ0n) is 21.8. The van der Waals surface area contributed by atoms with Crippen LogP contribution in [0.4, 0.5) is 0 Å². The summed E-state index contributed by atoms with van der Waals surface area (Å²) in [5.74, 6) is -6.84. The van der Waals surface area contributed by atoms with Gasteiger partial charge in [0.15, 0.2) is 0 Å². The van der Waals surface area contributed by atoms with Crippen molar-refractivity contribution in [3.63, 3.8) is 0 Å². The van der Waals surface area contributed by atoms with Crippen LogP contribution in [-0.2, 0) is 14.4 Å². The molecule has 1 fully saturated rings. The summed E-state index contributed by atoms with van der Waals surface area (Å²) < 4.78 is 0. The molecule has 6 N–H and O–H groups in total. The van der Waals surface area contributed by atoms with Gasteiger partial charge in [-0.15, -0.1) is 0 Å². The summed E-state index contributed by atoms with van der Waals surface area (Å²) >= 11 is 12.4. The fraction of sp³-hybridized carbons (Fsp3) is 0.520. The Morgan fingerprint density at radius 2 is 1.32 bits per heavy atom. The van der Waals surface area contributed by atoms with Gasteiger partial charge < -0.3 is 31.3 Å². The lowest BCUT2D eigenvalue weighted by Crippen LogP contribution is -2.45. The molecule has 0 aromatic heterocycles. The number of carboxylic acid groups (broad SMARTS) is 3. The molecule has 0 bridgehead atoms. The first-order valence-electron chi connectivity index (χ1n) is 12.4. The van der Waals surface area contributed by atoms with E-state index >= 15 is 0 Å². The van der Waals surface area contributed by atoms with E-state index in [1.807, 2.05) is 0 Å². The summed E-state index contributed by atoms with van der Waals surface area (Å²) in [6.45, 7) is 3.43. The molecule has 1 aromatic rings. The van der Waals surface area contributed by atoms with Gasteiger partial charge in [0.1, 0.15) is 17.6 Å². The molecule has 40 heavy (non-hydrogen) atoms. The van der Waals surface area contributed by atoms with E-state index in [0.29, 0.717) is 6.42 Å². The molecule has 0 heterocycles. The minimum atomic E-state index is -1.55. The average Bonchev–Trinajstić information content (AvgIpc) is 3.54. The maximum absolute atomic E-state index is 13.2. The number of rotatable bonds is 15. The topological polar surface area (TPSA) is 199 Å². The highest BCUT2D eigenvalue weighted by Crippen LogP contribution is 2.47. The van der Waals surface area contributed by atoms with Gasteiger partial charge in [0.25, 0.3) is 17.7 Å². The number of carbonyl (C=O) groups excluding carboxylic acids is 3. The summed E-state index contributed by atoms with van der Waals surface area (Å²) in [7, 11) is 0. The smallest absolute Gasteiger partial charge is 0.329 e. The Kier molecular flexibility index (Phi) is 11.8. The summed E-state index contributed by atoms with van der Waals surface area (Å²) in [6.07, 6.45) is 0.562. The third-order valence-corrected chi connectivity index (χ3v) is 7.05. The molecule has 0 radical (unpaired) electrons. The van der Waals surface area contributed by atoms with Crippen LogP contribution in [0.1, 0.15) is 70.6 Å². The molecule has 1 saturated carbocycles. The predicted octanol–water partition coefficient (Wildman–Crippen LogP) is 1.36. The average molecular weight is 616 g/mol. The van der Waals surface area contributed by atoms with Gasteiger partial charge >= 0.3 is 17.9 Å². The van der Waals surface area contributed by atoms with Gasteiger partial charge in [-0.2, -0.15) is 37.9 Å². The fourth-order valence-corrected chi connectivity index (χ4v) is 4.95. The molecule has 15 heteroatoms. The van der Waals surface area contributed by atoms with Gasteiger partial charge in [-0.25, -0.2) is 14.4 Å². The summed E-state index contributed by atoms with van der Waals surface area (Å²) in [5.41, 5.74) is -2.33. The second-order valence-corrected chi connectivity index (χ2v) is 12.1. The van der Waals surface area contributed by atoms with Crippen LogP contribution in [0, 0.1) is 5.92 Å². The van der Waals surface area contributed by atoms with Crippen molar-refractivity contribution < 1.29 is 44.1 Å². The van der Waals surface area contributed by atoms with E-state index in [0.717, 1.165) is 18.2 Å². The highest BCUT2D eigenvalue weighted by atomic mass is 32.1. The largest absolute Gasteiger partial charge is 0.480 e. The van der Waals surface area contributed by atoms with Gasteiger partial charge in [0, 0.05) is 21.9 Å². The third kappa shape index (κ3) is 8.80. The number of carbonyl (C=O) groups is 6. The minimum Gasteiger partial charge on any atom is -0.480 e. The van der Waals surface area contributed by atoms with Crippen molar-refractivity contribution in [1.29, 1.82) is 0 Å². The molecule has 0 aliphatic heterocycles. The number of thiol groups is 3. The summed E-state index contributed by atoms with van der Waals surface area (Å²) in [6, 6.07) is 0.645. The van der Waals surface area contributed by atoms with E-state index in [-0.39, 0.29) is 58.1 Å². The second-order valence-electron chi connectivity index (χ2n) is 9.84. The standard InChI is InChI=1S/C25H33N3O9S3/c1-11(39)5-16-10-25(16,24(36)37)28-21(31)15-8-13(19(29)26-17(3-4-38)22(32)33)7-14(9-15)20(30)27-18(23(34)35)6-12(2)40/h7-9,11-12,16-18,38-40H,3-6,10H2,1-2H3,(H,26,29)(H,27,30)(H,28,31)(H,32,33)(H,34,35)(H,36,37)/t11?,12?,16?,17?,18?,25-/m0/s1. The number of benzene rings is 1. The molecule has 6 atom stereocenters. The molecule has 1 aliphatic carbocycles. The van der Waals surface area contributed by atoms with Gasteiger partial charge in [-0.05, 0) is 60.8 Å². The second kappa shape index (κ2) is 14.1. The normalized spacial score (nSPS) is 20.8. The number of nitrogens with one attached hydrogen (secondary N) is 3. The van der Waals surface area contributed by atoms with Gasteiger partial charge in [-0.1, -0.05) is 13.8 Å². The van der Waals surface area contributed by atoms with Crippen LogP contribution in [0.15, 0.2) is 18.2 Å². The molecule has 5 unspecified atom stereocenters. The van der Waals surface area contributed by atoms with Gasteiger partial charge in [0.2, 0.25) is 0 Å². The predicted molar refractivity (Wildman–Crippen MR) is 155 cm³/mol. The molecular formula is C25H33N3O9S3. The highest BCUT2D eigenvalue weighted by Gasteiger charge is 2.61. The first-order chi connectivity index (χ1) is 18.6. The number of aliphatic carboxylic acids is 3. The monoisotopic (exact) mass is 615 g/mol. The quantitative estimate of drug-likeness (QED) is 0.131. The summed E-state index contributed by atoms with van der Waals surface area (Å²) in [4.78, 5) is 74.4. The number of carboxylic acids is 3. The minimum absolute atomic E-state index is 0.00794. The van der Waals surface area contributed by atoms with E-state index in [4.69, 9.17) is 0 Å². The van der Waals surface area contributed by atoms with Crippen molar-refractivity contribution in [2.24, 2.45) is 5.92 Å². The first-order valence-corrected chi connectivity index (χ1v) is 14.0. The Morgan fingerprint density at radius 3 is 1.73 bits per heavy atom. The lowest BCUT2D eigenvalue weighted by molar-refractivity contribution is -0.141. The molecule has 0 saturated heterocycles. The highest BCUT2D eigenvalue weighted by molar-refractivity contribution is 7.81. The van der Waals surface area contributed by atoms with E-state index < -0.39 is 53.3 Å². The number of hydrogen-bond acceptors (Lipinski definition) is 9. The number of hydrogen-bond donors (Lipinski definition) is 9. The SMILES string of the molecule is CC(S)CC(NC(=O)c1cc(C(=O)NC(CCS)C(=O)O)cc(C(=O)N[C@@]2(C(=O)O)CC2CC(C)S)c1)C(=O)O. The van der Waals surface area contributed by atoms with E-state index in [1.54, 1.807) is 13.8 Å². The molecule has 12 nitrogen and oxygen atoms in total. The van der Waals surface area contributed by atoms with Crippen molar-refractivity contribution in [3.8, 4) is 0 Å². The van der Waals surface area contributed by atoms with Crippen LogP contribution >= 0.6 is 37.9 Å². The molecule has 0 spiro atoms. The van der Waals surface area contributed by atoms with E-state index in [1.165, 1.54) is 0 Å². The molecule has 220 valence electrons. The van der Waals surface area contributed by atoms with E-state index in [9.17, 15) is 44.1 Å². The number of amides is 3. The maximum Gasteiger partial charge on any atom is 0.329 e. The van der Waals surface area contributed by atoms with Crippen LogP contribution in [0.5, 0.6) is 0 Å². The van der Waals surface area contributed by atoms with E-state index in [2.05, 4.69) is 53.8 Å². The van der Waals surface area contributed by atoms with Crippen molar-refractivity contribution >= 4 is 73.5 Å². The van der Waals surface area contributed by atoms with Crippen molar-refractivity contribution in [1.82, 2.24) is 16.0 Å². The Labute approximate surface area is 247 Å². The lowest BCUT2D eigenvalue weighted by Gasteiger charge is -2.19. The molecule has 3 amide bonds. The van der Waals surface area contributed by atoms with Crippen molar-refractivity contribution in [2.45, 2.75) is 67.7 Å². The Hall–Kier alpha value is -2.91. The third-order valence-electron chi connectivity index (χ3n) is 6.37. The van der Waals surface area contributed by atoms with Crippen LogP contribution in [-0.4, -0.2) is 84.8 Å². The fourth-order valence-electron chi connectivity index (χ4n) is 4.22. The summed E-state index contributed by atoms with van der Waals surface area (Å²) in [5, 5.41) is 35.3. The van der Waals surface area contributed by atoms with Gasteiger partial charge in [-0.3, -0.25) is 14.4 Å². The van der Waals surface area contributed by atoms with Crippen LogP contribution in [0.25, 0.3) is 0 Å². The Balaban J connectivity index is 2.46. The van der Waals surface area contributed by atoms with Crippen molar-refractivity contribution in [3.05, 3.63) is 34.9 Å². The molecule has 2 rings (SSSR count). The Morgan fingerprint density at radius 1 is 0.850 bits per heavy atom. The van der Waals surface area contributed by atoms with Crippen LogP contribution in [0.2, 0.25) is 0 Å². The van der Waals surface area contributed by atoms with Crippen LogP contribution < -0.4 is 16.0 Å². The molecule has 1 aliphatic rings. The zero-order chi connectivity index (χ0) is 30.4. The zero-order valence-corrected chi connectivity index (χ0v) is 24.5. The first kappa shape index (κ1) is 33.3. The molecule has 1 aromatic carbocycles. The lowest BCUT2D eigenvalue weighted by atomic mass is 10.0. The Bertz CT molecular complexity index is 1180. The van der Waals surface area contributed by atoms with Crippen molar-refractivity contribution in [2.75, 3.05) is 5.75 Å².